The summed E-state index contributed by atoms with van der Waals surface area (Å²) in [6.45, 7) is 4.86. The summed E-state index contributed by atoms with van der Waals surface area (Å²) in [5.41, 5.74) is 0.204. The number of carbonyl (C=O) groups is 1. The second-order valence-electron chi connectivity index (χ2n) is 8.92. The molecule has 3 N–H and O–H groups in total. The van der Waals surface area contributed by atoms with Crippen molar-refractivity contribution in [2.75, 3.05) is 18.4 Å². The number of aryl methyl sites for hydroxylation is 1. The van der Waals surface area contributed by atoms with Gasteiger partial charge in [-0.25, -0.2) is 13.8 Å². The Kier molecular flexibility index (Phi) is 6.86. The molecule has 3 aromatic rings. The molecule has 7 nitrogen and oxygen atoms in total. The topological polar surface area (TPSA) is 94.1 Å². The van der Waals surface area contributed by atoms with Gasteiger partial charge in [0.2, 0.25) is 0 Å². The number of carboxylic acid groups (broad SMARTS) is 1. The third-order valence-corrected chi connectivity index (χ3v) is 6.86. The Morgan fingerprint density at radius 3 is 2.79 bits per heavy atom. The fourth-order valence-electron chi connectivity index (χ4n) is 4.56. The summed E-state index contributed by atoms with van der Waals surface area (Å²) in [7, 11) is 0. The van der Waals surface area contributed by atoms with E-state index in [0.29, 0.717) is 36.8 Å². The van der Waals surface area contributed by atoms with E-state index in [1.54, 1.807) is 18.2 Å². The third kappa shape index (κ3) is 4.90. The lowest BCUT2D eigenvalue weighted by atomic mass is 9.68. The maximum absolute atomic E-state index is 14.7. The lowest BCUT2D eigenvalue weighted by molar-refractivity contribution is -0.156. The van der Waals surface area contributed by atoms with Crippen LogP contribution in [0.5, 0.6) is 0 Å². The van der Waals surface area contributed by atoms with Gasteiger partial charge in [0.15, 0.2) is 5.82 Å². The molecule has 2 atom stereocenters. The number of aromatic amines is 1. The van der Waals surface area contributed by atoms with Crippen LogP contribution in [0.1, 0.15) is 30.3 Å². The molecule has 1 aliphatic rings. The number of halogens is 3. The Morgan fingerprint density at radius 2 is 2.12 bits per heavy atom. The lowest BCUT2D eigenvalue weighted by Crippen LogP contribution is -2.51. The van der Waals surface area contributed by atoms with Gasteiger partial charge in [-0.2, -0.15) is 5.10 Å². The minimum Gasteiger partial charge on any atom is -0.481 e. The first-order valence-electron chi connectivity index (χ1n) is 11.0. The zero-order valence-corrected chi connectivity index (χ0v) is 19.7. The summed E-state index contributed by atoms with van der Waals surface area (Å²) in [5, 5.41) is 20.2. The van der Waals surface area contributed by atoms with E-state index in [0.717, 1.165) is 5.69 Å². The first kappa shape index (κ1) is 24.1. The highest BCUT2D eigenvalue weighted by molar-refractivity contribution is 6.30. The van der Waals surface area contributed by atoms with Crippen molar-refractivity contribution in [3.05, 3.63) is 70.0 Å². The Labute approximate surface area is 201 Å². The van der Waals surface area contributed by atoms with Crippen LogP contribution in [-0.4, -0.2) is 44.2 Å². The van der Waals surface area contributed by atoms with Crippen LogP contribution < -0.4 is 5.32 Å². The largest absolute Gasteiger partial charge is 0.481 e. The number of aromatic nitrogens is 3. The summed E-state index contributed by atoms with van der Waals surface area (Å²) in [6.07, 6.45) is 0.229. The summed E-state index contributed by atoms with van der Waals surface area (Å²) < 4.78 is 29.1. The molecule has 0 spiro atoms. The zero-order valence-electron chi connectivity index (χ0n) is 18.9. The van der Waals surface area contributed by atoms with E-state index in [9.17, 15) is 18.7 Å². The number of likely N-dealkylation sites (tertiary alicyclic amines) is 1. The predicted octanol–water partition coefficient (Wildman–Crippen LogP) is 4.94. The summed E-state index contributed by atoms with van der Waals surface area (Å²) in [4.78, 5) is 18.8. The molecule has 0 amide bonds. The van der Waals surface area contributed by atoms with E-state index in [1.807, 2.05) is 18.7 Å². The Balaban J connectivity index is 1.52. The molecule has 3 heterocycles. The van der Waals surface area contributed by atoms with E-state index >= 15 is 0 Å². The molecule has 1 aromatic carbocycles. The molecule has 1 unspecified atom stereocenters. The summed E-state index contributed by atoms with van der Waals surface area (Å²) in [6, 6.07) is 9.40. The molecule has 0 radical (unpaired) electrons. The molecule has 1 saturated heterocycles. The average molecular weight is 490 g/mol. The van der Waals surface area contributed by atoms with Gasteiger partial charge < -0.3 is 10.4 Å². The molecule has 1 fully saturated rings. The number of anilines is 2. The van der Waals surface area contributed by atoms with Crippen molar-refractivity contribution in [1.82, 2.24) is 20.1 Å². The number of aliphatic carboxylic acids is 1. The van der Waals surface area contributed by atoms with Crippen LogP contribution in [0.2, 0.25) is 5.02 Å². The molecule has 4 rings (SSSR count). The van der Waals surface area contributed by atoms with Gasteiger partial charge in [-0.3, -0.25) is 14.8 Å². The summed E-state index contributed by atoms with van der Waals surface area (Å²) >= 11 is 5.89. The SMILES string of the molecule is Cc1cc(Nc2ccc(F)c(CC3(C(=O)O)CCN(Cc4cccc(Cl)c4F)C[C@@H]3C)n2)n[nH]1. The number of benzene rings is 1. The van der Waals surface area contributed by atoms with Crippen molar-refractivity contribution in [2.24, 2.45) is 11.3 Å². The molecule has 10 heteroatoms. The number of hydrogen-bond donors (Lipinski definition) is 3. The molecule has 34 heavy (non-hydrogen) atoms. The molecule has 0 bridgehead atoms. The predicted molar refractivity (Wildman–Crippen MR) is 125 cm³/mol. The van der Waals surface area contributed by atoms with Gasteiger partial charge in [0, 0.05) is 36.8 Å². The monoisotopic (exact) mass is 489 g/mol. The van der Waals surface area contributed by atoms with Crippen molar-refractivity contribution in [3.63, 3.8) is 0 Å². The fourth-order valence-corrected chi connectivity index (χ4v) is 4.75. The fraction of sp³-hybridized carbons (Fsp3) is 0.375. The van der Waals surface area contributed by atoms with Crippen LogP contribution in [0.3, 0.4) is 0 Å². The summed E-state index contributed by atoms with van der Waals surface area (Å²) in [5.74, 6) is -1.42. The number of hydrogen-bond acceptors (Lipinski definition) is 5. The van der Waals surface area contributed by atoms with Crippen LogP contribution in [0.15, 0.2) is 36.4 Å². The number of rotatable bonds is 7. The van der Waals surface area contributed by atoms with E-state index in [4.69, 9.17) is 11.6 Å². The van der Waals surface area contributed by atoms with Gasteiger partial charge >= 0.3 is 5.97 Å². The lowest BCUT2D eigenvalue weighted by Gasteiger charge is -2.44. The molecule has 0 saturated carbocycles. The van der Waals surface area contributed by atoms with Gasteiger partial charge in [0.05, 0.1) is 16.1 Å². The van der Waals surface area contributed by atoms with Gasteiger partial charge in [-0.15, -0.1) is 0 Å². The highest BCUT2D eigenvalue weighted by Crippen LogP contribution is 2.41. The van der Waals surface area contributed by atoms with Crippen LogP contribution in [0, 0.1) is 29.9 Å². The van der Waals surface area contributed by atoms with Gasteiger partial charge in [0.1, 0.15) is 17.5 Å². The highest BCUT2D eigenvalue weighted by atomic mass is 35.5. The van der Waals surface area contributed by atoms with Gasteiger partial charge in [-0.1, -0.05) is 30.7 Å². The third-order valence-electron chi connectivity index (χ3n) is 6.56. The van der Waals surface area contributed by atoms with Crippen molar-refractivity contribution >= 4 is 29.2 Å². The van der Waals surface area contributed by atoms with Gasteiger partial charge in [-0.05, 0) is 44.0 Å². The Bertz CT molecular complexity index is 1200. The molecular formula is C24H26ClF2N5O2. The number of pyridine rings is 1. The molecule has 1 aliphatic heterocycles. The van der Waals surface area contributed by atoms with Crippen molar-refractivity contribution in [2.45, 2.75) is 33.2 Å². The Hall–Kier alpha value is -3.04. The minimum absolute atomic E-state index is 0.0518. The molecule has 0 aliphatic carbocycles. The van der Waals surface area contributed by atoms with E-state index in [2.05, 4.69) is 20.5 Å². The first-order valence-corrected chi connectivity index (χ1v) is 11.4. The number of nitrogens with one attached hydrogen (secondary N) is 2. The standard InChI is InChI=1S/C24H26ClF2N5O2/c1-14-12-32(13-16-4-3-5-17(25)22(16)27)9-8-24(14,23(33)34)11-19-18(26)6-7-20(28-19)29-21-10-15(2)30-31-21/h3-7,10,14H,8-9,11-13H2,1-2H3,(H,33,34)(H2,28,29,30,31)/t14-,24?/m0/s1. The number of carboxylic acids is 1. The van der Waals surface area contributed by atoms with Crippen molar-refractivity contribution in [3.8, 4) is 0 Å². The van der Waals surface area contributed by atoms with E-state index < -0.39 is 23.0 Å². The Morgan fingerprint density at radius 1 is 1.32 bits per heavy atom. The molecule has 180 valence electrons. The zero-order chi connectivity index (χ0) is 24.5. The van der Waals surface area contributed by atoms with E-state index in [-0.39, 0.29) is 29.5 Å². The van der Waals surface area contributed by atoms with E-state index in [1.165, 1.54) is 18.2 Å². The van der Waals surface area contributed by atoms with Crippen LogP contribution in [0.4, 0.5) is 20.4 Å². The quantitative estimate of drug-likeness (QED) is 0.435. The minimum atomic E-state index is -1.20. The normalized spacial score (nSPS) is 20.9. The van der Waals surface area contributed by atoms with Crippen molar-refractivity contribution < 1.29 is 18.7 Å². The smallest absolute Gasteiger partial charge is 0.310 e. The molecule has 2 aromatic heterocycles. The number of piperidine rings is 1. The average Bonchev–Trinajstić information content (AvgIpc) is 3.20. The second kappa shape index (κ2) is 9.68. The van der Waals surface area contributed by atoms with Crippen LogP contribution in [-0.2, 0) is 17.8 Å². The second-order valence-corrected chi connectivity index (χ2v) is 9.33. The number of nitrogens with zero attached hydrogens (tertiary/aromatic N) is 3. The maximum atomic E-state index is 14.7. The van der Waals surface area contributed by atoms with Crippen LogP contribution >= 0.6 is 11.6 Å². The molecular weight excluding hydrogens is 464 g/mol. The number of H-pyrrole nitrogens is 1. The first-order chi connectivity index (χ1) is 16.2. The van der Waals surface area contributed by atoms with Crippen molar-refractivity contribution in [1.29, 1.82) is 0 Å². The van der Waals surface area contributed by atoms with Gasteiger partial charge in [0.25, 0.3) is 0 Å². The van der Waals surface area contributed by atoms with Crippen LogP contribution in [0.25, 0.3) is 0 Å². The highest BCUT2D eigenvalue weighted by Gasteiger charge is 2.47. The maximum Gasteiger partial charge on any atom is 0.310 e.